The first-order chi connectivity index (χ1) is 17.5. The van der Waals surface area contributed by atoms with Crippen LogP contribution in [0.2, 0.25) is 0 Å². The number of carbonyl (C=O) groups is 3. The summed E-state index contributed by atoms with van der Waals surface area (Å²) in [5.41, 5.74) is 1.85. The minimum absolute atomic E-state index is 0.00376. The number of hydrazine groups is 1. The van der Waals surface area contributed by atoms with Crippen molar-refractivity contribution in [2.24, 2.45) is 5.92 Å². The molecule has 2 fully saturated rings. The molecule has 2 aromatic rings. The first-order valence-electron chi connectivity index (χ1n) is 12.5. The Kier molecular flexibility index (Phi) is 6.99. The van der Waals surface area contributed by atoms with Gasteiger partial charge in [-0.15, -0.1) is 6.58 Å². The van der Waals surface area contributed by atoms with Gasteiger partial charge in [0.2, 0.25) is 11.8 Å². The van der Waals surface area contributed by atoms with Gasteiger partial charge in [-0.2, -0.15) is 5.01 Å². The highest BCUT2D eigenvalue weighted by Gasteiger charge is 2.47. The van der Waals surface area contributed by atoms with Crippen LogP contribution in [0.25, 0.3) is 10.9 Å². The van der Waals surface area contributed by atoms with E-state index in [0.717, 1.165) is 35.7 Å². The Morgan fingerprint density at radius 3 is 2.89 bits per heavy atom. The van der Waals surface area contributed by atoms with Crippen molar-refractivity contribution in [3.05, 3.63) is 66.9 Å². The zero-order valence-electron chi connectivity index (χ0n) is 20.4. The molecule has 5 rings (SSSR count). The molecule has 1 aromatic carbocycles. The zero-order valence-corrected chi connectivity index (χ0v) is 20.4. The number of hydrogen-bond acceptors (Lipinski definition) is 5. The molecule has 0 saturated carbocycles. The molecule has 0 bridgehead atoms. The van der Waals surface area contributed by atoms with Crippen LogP contribution in [0, 0.1) is 5.92 Å². The second-order valence-corrected chi connectivity index (χ2v) is 9.61. The number of piperazine rings is 1. The molecular formula is C27H32N6O3. The lowest BCUT2D eigenvalue weighted by molar-refractivity contribution is -0.149. The van der Waals surface area contributed by atoms with Gasteiger partial charge in [0.15, 0.2) is 0 Å². The summed E-state index contributed by atoms with van der Waals surface area (Å²) in [6.45, 7) is 5.47. The molecular weight excluding hydrogens is 456 g/mol. The lowest BCUT2D eigenvalue weighted by atomic mass is 9.94. The molecule has 9 nitrogen and oxygen atoms in total. The monoisotopic (exact) mass is 488 g/mol. The summed E-state index contributed by atoms with van der Waals surface area (Å²) in [7, 11) is 0. The van der Waals surface area contributed by atoms with Crippen molar-refractivity contribution in [2.45, 2.75) is 32.0 Å². The minimum atomic E-state index is -0.405. The summed E-state index contributed by atoms with van der Waals surface area (Å²) in [5.74, 6) is 0.162. The van der Waals surface area contributed by atoms with Crippen LogP contribution in [0.1, 0.15) is 24.8 Å². The number of amides is 4. The largest absolute Gasteiger partial charge is 0.337 e. The first-order valence-corrected chi connectivity index (χ1v) is 12.5. The highest BCUT2D eigenvalue weighted by Crippen LogP contribution is 2.25. The van der Waals surface area contributed by atoms with Gasteiger partial charge in [-0.3, -0.25) is 19.6 Å². The molecule has 1 aliphatic carbocycles. The van der Waals surface area contributed by atoms with E-state index in [4.69, 9.17) is 0 Å². The maximum atomic E-state index is 13.2. The fourth-order valence-corrected chi connectivity index (χ4v) is 5.21. The molecule has 3 heterocycles. The molecule has 1 aromatic heterocycles. The maximum absolute atomic E-state index is 13.2. The average Bonchev–Trinajstić information content (AvgIpc) is 3.21. The second-order valence-electron chi connectivity index (χ2n) is 9.61. The summed E-state index contributed by atoms with van der Waals surface area (Å²) in [4.78, 5) is 46.7. The molecule has 0 radical (unpaired) electrons. The van der Waals surface area contributed by atoms with Crippen molar-refractivity contribution in [3.8, 4) is 0 Å². The van der Waals surface area contributed by atoms with Crippen LogP contribution < -0.4 is 5.32 Å². The fourth-order valence-electron chi connectivity index (χ4n) is 5.21. The normalized spacial score (nSPS) is 22.1. The van der Waals surface area contributed by atoms with Gasteiger partial charge in [0.05, 0.1) is 25.2 Å². The van der Waals surface area contributed by atoms with Crippen LogP contribution in [0.4, 0.5) is 4.79 Å². The van der Waals surface area contributed by atoms with Gasteiger partial charge in [0, 0.05) is 24.7 Å². The van der Waals surface area contributed by atoms with E-state index in [1.807, 2.05) is 30.3 Å². The van der Waals surface area contributed by atoms with E-state index in [1.165, 1.54) is 0 Å². The summed E-state index contributed by atoms with van der Waals surface area (Å²) < 4.78 is 0. The van der Waals surface area contributed by atoms with Crippen molar-refractivity contribution in [3.63, 3.8) is 0 Å². The van der Waals surface area contributed by atoms with Gasteiger partial charge in [0.1, 0.15) is 12.7 Å². The number of nitrogens with zero attached hydrogens (tertiary/aromatic N) is 5. The number of hydrogen-bond donors (Lipinski definition) is 1. The number of carbonyl (C=O) groups excluding carboxylic acids is 3. The molecule has 0 spiro atoms. The van der Waals surface area contributed by atoms with Crippen LogP contribution in [-0.4, -0.2) is 81.5 Å². The number of nitrogens with one attached hydrogen (secondary N) is 1. The van der Waals surface area contributed by atoms with E-state index in [0.29, 0.717) is 25.6 Å². The Morgan fingerprint density at radius 1 is 1.19 bits per heavy atom. The van der Waals surface area contributed by atoms with Crippen molar-refractivity contribution >= 4 is 28.7 Å². The predicted octanol–water partition coefficient (Wildman–Crippen LogP) is 2.52. The number of allylic oxidation sites excluding steroid dienone is 2. The molecule has 2 atom stereocenters. The number of aromatic nitrogens is 1. The SMILES string of the molecule is C=CCN(C(=O)NCC1CC=CCC1)N1CC(=O)N2CC(=O)N(Cc3ccc4cccnc4c3)CC21. The Hall–Kier alpha value is -3.72. The third kappa shape index (κ3) is 4.97. The molecule has 36 heavy (non-hydrogen) atoms. The molecule has 9 heteroatoms. The van der Waals surface area contributed by atoms with Gasteiger partial charge in [0.25, 0.3) is 0 Å². The van der Waals surface area contributed by atoms with Crippen molar-refractivity contribution in [1.29, 1.82) is 0 Å². The Bertz CT molecular complexity index is 1200. The van der Waals surface area contributed by atoms with Crippen LogP contribution in [-0.2, 0) is 16.1 Å². The highest BCUT2D eigenvalue weighted by molar-refractivity contribution is 5.89. The van der Waals surface area contributed by atoms with Crippen molar-refractivity contribution in [2.75, 3.05) is 32.7 Å². The van der Waals surface area contributed by atoms with Gasteiger partial charge < -0.3 is 15.1 Å². The lowest BCUT2D eigenvalue weighted by Crippen LogP contribution is -2.62. The lowest BCUT2D eigenvalue weighted by Gasteiger charge is -2.42. The van der Waals surface area contributed by atoms with Crippen LogP contribution in [0.5, 0.6) is 0 Å². The number of fused-ring (bicyclic) bond motifs is 2. The summed E-state index contributed by atoms with van der Waals surface area (Å²) in [6.07, 6.45) is 10.4. The standard InChI is InChI=1S/C27H32N6O3/c1-2-13-32(27(36)29-15-20-7-4-3-5-8-20)33-19-26(35)31-18-25(34)30(17-24(31)33)16-21-10-11-22-9-6-12-28-23(22)14-21/h2-4,6,9-12,14,20,24H,1,5,7-8,13,15-19H2,(H,29,36). The molecule has 2 unspecified atom stereocenters. The molecule has 2 saturated heterocycles. The molecule has 3 aliphatic rings. The summed E-state index contributed by atoms with van der Waals surface area (Å²) >= 11 is 0. The van der Waals surface area contributed by atoms with E-state index >= 15 is 0 Å². The zero-order chi connectivity index (χ0) is 25.1. The molecule has 1 N–H and O–H groups in total. The first kappa shape index (κ1) is 24.0. The van der Waals surface area contributed by atoms with E-state index in [9.17, 15) is 14.4 Å². The maximum Gasteiger partial charge on any atom is 0.332 e. The summed E-state index contributed by atoms with van der Waals surface area (Å²) in [5, 5.41) is 7.43. The Morgan fingerprint density at radius 2 is 2.08 bits per heavy atom. The van der Waals surface area contributed by atoms with Crippen molar-refractivity contribution in [1.82, 2.24) is 30.1 Å². The Labute approximate surface area is 211 Å². The third-order valence-electron chi connectivity index (χ3n) is 7.17. The van der Waals surface area contributed by atoms with Gasteiger partial charge in [-0.1, -0.05) is 36.4 Å². The van der Waals surface area contributed by atoms with Crippen molar-refractivity contribution < 1.29 is 14.4 Å². The Balaban J connectivity index is 1.30. The smallest absolute Gasteiger partial charge is 0.332 e. The third-order valence-corrected chi connectivity index (χ3v) is 7.17. The molecule has 2 aliphatic heterocycles. The summed E-state index contributed by atoms with van der Waals surface area (Å²) in [6, 6.07) is 9.64. The van der Waals surface area contributed by atoms with E-state index in [2.05, 4.69) is 29.0 Å². The number of benzene rings is 1. The van der Waals surface area contributed by atoms with Gasteiger partial charge in [-0.25, -0.2) is 4.79 Å². The van der Waals surface area contributed by atoms with Gasteiger partial charge >= 0.3 is 6.03 Å². The van der Waals surface area contributed by atoms with E-state index in [1.54, 1.807) is 32.1 Å². The topological polar surface area (TPSA) is 89.1 Å². The molecule has 4 amide bonds. The number of pyridine rings is 1. The quantitative estimate of drug-likeness (QED) is 0.605. The van der Waals surface area contributed by atoms with E-state index < -0.39 is 6.17 Å². The predicted molar refractivity (Wildman–Crippen MR) is 136 cm³/mol. The fraction of sp³-hybridized carbons (Fsp3) is 0.407. The molecule has 188 valence electrons. The van der Waals surface area contributed by atoms with Crippen LogP contribution >= 0.6 is 0 Å². The average molecular weight is 489 g/mol. The van der Waals surface area contributed by atoms with E-state index in [-0.39, 0.29) is 37.5 Å². The van der Waals surface area contributed by atoms with Gasteiger partial charge in [-0.05, 0) is 42.9 Å². The highest BCUT2D eigenvalue weighted by atomic mass is 16.2. The number of rotatable bonds is 7. The number of urea groups is 1. The van der Waals surface area contributed by atoms with Crippen LogP contribution in [0.3, 0.4) is 0 Å². The van der Waals surface area contributed by atoms with Crippen LogP contribution in [0.15, 0.2) is 61.3 Å². The minimum Gasteiger partial charge on any atom is -0.337 e. The second kappa shape index (κ2) is 10.5.